The number of benzene rings is 1. The molecule has 1 amide bonds. The van der Waals surface area contributed by atoms with E-state index in [9.17, 15) is 9.59 Å². The highest BCUT2D eigenvalue weighted by Gasteiger charge is 2.01. The molecule has 4 heteroatoms. The van der Waals surface area contributed by atoms with Crippen molar-refractivity contribution in [3.63, 3.8) is 0 Å². The van der Waals surface area contributed by atoms with Gasteiger partial charge in [0.1, 0.15) is 0 Å². The Morgan fingerprint density at radius 1 is 1.50 bits per heavy atom. The number of nitrogen functional groups attached to an aromatic ring is 1. The lowest BCUT2D eigenvalue weighted by Gasteiger charge is -1.98. The maximum absolute atomic E-state index is 11.1. The van der Waals surface area contributed by atoms with Crippen molar-refractivity contribution in [2.24, 2.45) is 5.84 Å². The molecule has 0 aliphatic heterocycles. The van der Waals surface area contributed by atoms with Crippen LogP contribution in [-0.2, 0) is 4.79 Å². The minimum absolute atomic E-state index is 0.389. The van der Waals surface area contributed by atoms with Crippen molar-refractivity contribution in [2.75, 3.05) is 0 Å². The third-order valence-corrected chi connectivity index (χ3v) is 1.53. The Hall–Kier alpha value is -2.12. The highest BCUT2D eigenvalue weighted by Crippen LogP contribution is 2.03. The van der Waals surface area contributed by atoms with Crippen molar-refractivity contribution >= 4 is 12.2 Å². The summed E-state index contributed by atoms with van der Waals surface area (Å²) < 4.78 is 0. The van der Waals surface area contributed by atoms with Gasteiger partial charge < -0.3 is 0 Å². The van der Waals surface area contributed by atoms with Gasteiger partial charge >= 0.3 is 0 Å². The maximum atomic E-state index is 11.1. The van der Waals surface area contributed by atoms with Gasteiger partial charge in [0.2, 0.25) is 0 Å². The molecule has 14 heavy (non-hydrogen) atoms. The second-order valence-corrected chi connectivity index (χ2v) is 2.44. The summed E-state index contributed by atoms with van der Waals surface area (Å²) >= 11 is 0. The third-order valence-electron chi connectivity index (χ3n) is 1.53. The molecule has 0 atom stereocenters. The van der Waals surface area contributed by atoms with Gasteiger partial charge in [-0.15, -0.1) is 0 Å². The molecular weight excluding hydrogens is 180 g/mol. The Morgan fingerprint density at radius 2 is 2.29 bits per heavy atom. The van der Waals surface area contributed by atoms with E-state index < -0.39 is 0 Å². The second kappa shape index (κ2) is 4.80. The lowest BCUT2D eigenvalue weighted by molar-refractivity contribution is -0.103. The topological polar surface area (TPSA) is 72.2 Å². The van der Waals surface area contributed by atoms with Crippen LogP contribution in [0, 0.1) is 11.8 Å². The summed E-state index contributed by atoms with van der Waals surface area (Å²) in [6.07, 6.45) is 0.496. The molecule has 0 aromatic heterocycles. The van der Waals surface area contributed by atoms with Crippen LogP contribution in [0.4, 0.5) is 0 Å². The first kappa shape index (κ1) is 9.96. The zero-order valence-corrected chi connectivity index (χ0v) is 7.28. The second-order valence-electron chi connectivity index (χ2n) is 2.44. The smallest absolute Gasteiger partial charge is 0.265 e. The van der Waals surface area contributed by atoms with Crippen molar-refractivity contribution in [1.29, 1.82) is 0 Å². The number of carbonyl (C=O) groups excluding carboxylic acids is 2. The van der Waals surface area contributed by atoms with Gasteiger partial charge in [-0.05, 0) is 24.1 Å². The summed E-state index contributed by atoms with van der Waals surface area (Å²) in [4.78, 5) is 21.1. The Balaban J connectivity index is 3.00. The number of nitrogens with one attached hydrogen (secondary N) is 1. The van der Waals surface area contributed by atoms with E-state index in [4.69, 9.17) is 5.84 Å². The fraction of sp³-hybridized carbons (Fsp3) is 0. The highest BCUT2D eigenvalue weighted by atomic mass is 16.2. The van der Waals surface area contributed by atoms with E-state index >= 15 is 0 Å². The average molecular weight is 188 g/mol. The minimum Gasteiger partial charge on any atom is -0.290 e. The molecule has 0 radical (unpaired) electrons. The first-order chi connectivity index (χ1) is 6.77. The molecule has 0 saturated heterocycles. The molecular formula is C10H8N2O2. The Bertz CT molecular complexity index is 416. The summed E-state index contributed by atoms with van der Waals surface area (Å²) in [6, 6.07) is 6.52. The van der Waals surface area contributed by atoms with E-state index in [0.717, 1.165) is 0 Å². The number of carbonyl (C=O) groups is 2. The van der Waals surface area contributed by atoms with Crippen LogP contribution >= 0.6 is 0 Å². The van der Waals surface area contributed by atoms with Crippen molar-refractivity contribution in [3.05, 3.63) is 35.4 Å². The van der Waals surface area contributed by atoms with Gasteiger partial charge in [0.15, 0.2) is 6.29 Å². The molecule has 0 heterocycles. The first-order valence-corrected chi connectivity index (χ1v) is 3.84. The Kier molecular flexibility index (Phi) is 3.41. The average Bonchev–Trinajstić information content (AvgIpc) is 2.25. The highest BCUT2D eigenvalue weighted by molar-refractivity contribution is 5.94. The van der Waals surface area contributed by atoms with Crippen LogP contribution in [0.2, 0.25) is 0 Å². The Morgan fingerprint density at radius 3 is 2.93 bits per heavy atom. The predicted octanol–water partition coefficient (Wildman–Crippen LogP) is -0.160. The van der Waals surface area contributed by atoms with Gasteiger partial charge in [-0.2, -0.15) is 0 Å². The summed E-state index contributed by atoms with van der Waals surface area (Å²) in [5, 5.41) is 0. The lowest BCUT2D eigenvalue weighted by atomic mass is 10.1. The largest absolute Gasteiger partial charge is 0.290 e. The molecule has 0 aliphatic carbocycles. The monoisotopic (exact) mass is 188 g/mol. The molecule has 1 aromatic rings. The SMILES string of the molecule is NNC(=O)c1cccc(C#CC=O)c1. The third kappa shape index (κ3) is 2.44. The summed E-state index contributed by atoms with van der Waals surface area (Å²) in [6.45, 7) is 0. The first-order valence-electron chi connectivity index (χ1n) is 3.84. The van der Waals surface area contributed by atoms with Crippen LogP contribution in [0.3, 0.4) is 0 Å². The number of rotatable bonds is 1. The zero-order chi connectivity index (χ0) is 10.4. The molecule has 4 nitrogen and oxygen atoms in total. The number of hydrazine groups is 1. The van der Waals surface area contributed by atoms with E-state index in [-0.39, 0.29) is 5.91 Å². The fourth-order valence-corrected chi connectivity index (χ4v) is 0.934. The zero-order valence-electron chi connectivity index (χ0n) is 7.28. The van der Waals surface area contributed by atoms with Crippen LogP contribution in [0.1, 0.15) is 15.9 Å². The summed E-state index contributed by atoms with van der Waals surface area (Å²) in [5.41, 5.74) is 3.01. The number of amides is 1. The number of hydrogen-bond acceptors (Lipinski definition) is 3. The molecule has 70 valence electrons. The van der Waals surface area contributed by atoms with Crippen LogP contribution in [-0.4, -0.2) is 12.2 Å². The van der Waals surface area contributed by atoms with Crippen LogP contribution in [0.15, 0.2) is 24.3 Å². The number of hydrogen-bond donors (Lipinski definition) is 2. The molecule has 0 saturated carbocycles. The van der Waals surface area contributed by atoms with Crippen LogP contribution < -0.4 is 11.3 Å². The molecule has 3 N–H and O–H groups in total. The van der Waals surface area contributed by atoms with Gasteiger partial charge in [-0.25, -0.2) is 5.84 Å². The van der Waals surface area contributed by atoms with Gasteiger partial charge in [-0.3, -0.25) is 15.0 Å². The van der Waals surface area contributed by atoms with Crippen LogP contribution in [0.5, 0.6) is 0 Å². The molecule has 1 rings (SSSR count). The summed E-state index contributed by atoms with van der Waals surface area (Å²) in [5.74, 6) is 9.40. The van der Waals surface area contributed by atoms with E-state index in [0.29, 0.717) is 17.4 Å². The van der Waals surface area contributed by atoms with Crippen molar-refractivity contribution in [3.8, 4) is 11.8 Å². The van der Waals surface area contributed by atoms with Gasteiger partial charge in [-0.1, -0.05) is 12.0 Å². The van der Waals surface area contributed by atoms with E-state index in [2.05, 4.69) is 11.8 Å². The van der Waals surface area contributed by atoms with Gasteiger partial charge in [0.25, 0.3) is 5.91 Å². The van der Waals surface area contributed by atoms with E-state index in [1.807, 2.05) is 5.43 Å². The Labute approximate surface area is 81.1 Å². The fourth-order valence-electron chi connectivity index (χ4n) is 0.934. The van der Waals surface area contributed by atoms with E-state index in [1.54, 1.807) is 24.3 Å². The minimum atomic E-state index is -0.389. The standard InChI is InChI=1S/C10H8N2O2/c11-12-10(14)9-5-1-3-8(7-9)4-2-6-13/h1,3,5-7H,11H2,(H,12,14). The number of nitrogens with two attached hydrogens (primary N) is 1. The molecule has 1 aromatic carbocycles. The van der Waals surface area contributed by atoms with Gasteiger partial charge in [0.05, 0.1) is 0 Å². The number of aldehydes is 1. The van der Waals surface area contributed by atoms with Crippen molar-refractivity contribution in [2.45, 2.75) is 0 Å². The van der Waals surface area contributed by atoms with Crippen LogP contribution in [0.25, 0.3) is 0 Å². The van der Waals surface area contributed by atoms with Crippen molar-refractivity contribution < 1.29 is 9.59 Å². The lowest BCUT2D eigenvalue weighted by Crippen LogP contribution is -2.29. The quantitative estimate of drug-likeness (QED) is 0.211. The predicted molar refractivity (Wildman–Crippen MR) is 51.0 cm³/mol. The molecule has 0 bridgehead atoms. The maximum Gasteiger partial charge on any atom is 0.265 e. The molecule has 0 aliphatic rings. The molecule has 0 spiro atoms. The van der Waals surface area contributed by atoms with E-state index in [1.165, 1.54) is 0 Å². The van der Waals surface area contributed by atoms with Crippen molar-refractivity contribution in [1.82, 2.24) is 5.43 Å². The molecule has 0 fully saturated rings. The normalized spacial score (nSPS) is 8.36. The molecule has 0 unspecified atom stereocenters. The van der Waals surface area contributed by atoms with Gasteiger partial charge in [0, 0.05) is 11.1 Å². The summed E-state index contributed by atoms with van der Waals surface area (Å²) in [7, 11) is 0.